The number of carbonyl (C=O) groups is 1. The van der Waals surface area contributed by atoms with Gasteiger partial charge < -0.3 is 9.15 Å². The number of hydrogen-bond acceptors (Lipinski definition) is 4. The molecule has 4 heteroatoms. The summed E-state index contributed by atoms with van der Waals surface area (Å²) >= 11 is 0. The Hall–Kier alpha value is -2.62. The Kier molecular flexibility index (Phi) is 2.76. The monoisotopic (exact) mass is 253 g/mol. The molecule has 1 aromatic carbocycles. The lowest BCUT2D eigenvalue weighted by Gasteiger charge is -1.99. The summed E-state index contributed by atoms with van der Waals surface area (Å²) in [6.45, 7) is 0. The van der Waals surface area contributed by atoms with Crippen molar-refractivity contribution < 1.29 is 13.9 Å². The van der Waals surface area contributed by atoms with Gasteiger partial charge in [-0.05, 0) is 24.3 Å². The van der Waals surface area contributed by atoms with Crippen LogP contribution in [0.25, 0.3) is 22.4 Å². The van der Waals surface area contributed by atoms with Crippen LogP contribution in [0.2, 0.25) is 0 Å². The average molecular weight is 253 g/mol. The molecule has 0 aliphatic rings. The second-order valence-electron chi connectivity index (χ2n) is 4.07. The van der Waals surface area contributed by atoms with Gasteiger partial charge in [0.15, 0.2) is 5.76 Å². The number of ether oxygens (including phenoxy) is 1. The number of rotatable bonds is 2. The standard InChI is InChI=1S/C15H11NO3/c1-18-15(17)11-6-7-12(16-9-11)14-8-10-4-2-3-5-13(10)19-14/h2-9H,1H3. The topological polar surface area (TPSA) is 52.3 Å². The van der Waals surface area contributed by atoms with Crippen LogP contribution >= 0.6 is 0 Å². The molecule has 0 radical (unpaired) electrons. The molecule has 0 atom stereocenters. The highest BCUT2D eigenvalue weighted by molar-refractivity contribution is 5.89. The summed E-state index contributed by atoms with van der Waals surface area (Å²) < 4.78 is 10.3. The molecule has 0 spiro atoms. The SMILES string of the molecule is COC(=O)c1ccc(-c2cc3ccccc3o2)nc1. The smallest absolute Gasteiger partial charge is 0.339 e. The van der Waals surface area contributed by atoms with Crippen LogP contribution < -0.4 is 0 Å². The molecule has 2 heterocycles. The lowest BCUT2D eigenvalue weighted by atomic mass is 10.2. The Morgan fingerprint density at radius 3 is 2.74 bits per heavy atom. The van der Waals surface area contributed by atoms with Gasteiger partial charge in [0.25, 0.3) is 0 Å². The van der Waals surface area contributed by atoms with Crippen molar-refractivity contribution in [3.8, 4) is 11.5 Å². The number of fused-ring (bicyclic) bond motifs is 1. The number of hydrogen-bond donors (Lipinski definition) is 0. The predicted octanol–water partition coefficient (Wildman–Crippen LogP) is 3.28. The van der Waals surface area contributed by atoms with E-state index < -0.39 is 5.97 Å². The summed E-state index contributed by atoms with van der Waals surface area (Å²) in [5.41, 5.74) is 1.92. The number of furan rings is 1. The summed E-state index contributed by atoms with van der Waals surface area (Å²) in [5, 5.41) is 1.02. The fraction of sp³-hybridized carbons (Fsp3) is 0.0667. The number of aromatic nitrogens is 1. The third-order valence-electron chi connectivity index (χ3n) is 2.86. The van der Waals surface area contributed by atoms with E-state index in [0.29, 0.717) is 17.0 Å². The molecule has 0 bridgehead atoms. The molecule has 3 aromatic rings. The van der Waals surface area contributed by atoms with E-state index in [1.54, 1.807) is 12.1 Å². The third-order valence-corrected chi connectivity index (χ3v) is 2.86. The van der Waals surface area contributed by atoms with E-state index in [-0.39, 0.29) is 0 Å². The molecule has 2 aromatic heterocycles. The molecule has 0 fully saturated rings. The van der Waals surface area contributed by atoms with Crippen molar-refractivity contribution in [1.82, 2.24) is 4.98 Å². The maximum Gasteiger partial charge on any atom is 0.339 e. The molecule has 0 aliphatic carbocycles. The van der Waals surface area contributed by atoms with Gasteiger partial charge in [-0.15, -0.1) is 0 Å². The van der Waals surface area contributed by atoms with E-state index in [1.165, 1.54) is 13.3 Å². The summed E-state index contributed by atoms with van der Waals surface area (Å²) in [5.74, 6) is 0.279. The number of benzene rings is 1. The van der Waals surface area contributed by atoms with Crippen molar-refractivity contribution in [2.24, 2.45) is 0 Å². The van der Waals surface area contributed by atoms with Crippen LogP contribution in [0, 0.1) is 0 Å². The maximum atomic E-state index is 11.3. The first-order valence-electron chi connectivity index (χ1n) is 5.81. The van der Waals surface area contributed by atoms with Crippen LogP contribution in [0.15, 0.2) is 53.1 Å². The number of pyridine rings is 1. The Morgan fingerprint density at radius 2 is 2.05 bits per heavy atom. The fourth-order valence-corrected chi connectivity index (χ4v) is 1.89. The molecular formula is C15H11NO3. The number of nitrogens with zero attached hydrogens (tertiary/aromatic N) is 1. The van der Waals surface area contributed by atoms with Gasteiger partial charge in [0.1, 0.15) is 11.3 Å². The third kappa shape index (κ3) is 2.08. The van der Waals surface area contributed by atoms with Crippen molar-refractivity contribution in [3.05, 3.63) is 54.2 Å². The van der Waals surface area contributed by atoms with E-state index >= 15 is 0 Å². The van der Waals surface area contributed by atoms with Gasteiger partial charge in [0, 0.05) is 11.6 Å². The zero-order valence-electron chi connectivity index (χ0n) is 10.3. The van der Waals surface area contributed by atoms with E-state index in [1.807, 2.05) is 30.3 Å². The van der Waals surface area contributed by atoms with E-state index in [2.05, 4.69) is 9.72 Å². The summed E-state index contributed by atoms with van der Waals surface area (Å²) in [7, 11) is 1.34. The minimum absolute atomic E-state index is 0.399. The van der Waals surface area contributed by atoms with Gasteiger partial charge in [-0.25, -0.2) is 4.79 Å². The second-order valence-corrected chi connectivity index (χ2v) is 4.07. The van der Waals surface area contributed by atoms with E-state index in [0.717, 1.165) is 11.0 Å². The van der Waals surface area contributed by atoms with Crippen LogP contribution in [0.5, 0.6) is 0 Å². The number of para-hydroxylation sites is 1. The van der Waals surface area contributed by atoms with Crippen LogP contribution in [0.3, 0.4) is 0 Å². The normalized spacial score (nSPS) is 10.6. The van der Waals surface area contributed by atoms with E-state index in [4.69, 9.17) is 4.42 Å². The summed E-state index contributed by atoms with van der Waals surface area (Å²) in [6, 6.07) is 13.1. The summed E-state index contributed by atoms with van der Waals surface area (Å²) in [6.07, 6.45) is 1.48. The van der Waals surface area contributed by atoms with Crippen LogP contribution in [-0.2, 0) is 4.74 Å². The summed E-state index contributed by atoms with van der Waals surface area (Å²) in [4.78, 5) is 15.5. The van der Waals surface area contributed by atoms with Crippen LogP contribution in [-0.4, -0.2) is 18.1 Å². The van der Waals surface area contributed by atoms with Gasteiger partial charge in [-0.2, -0.15) is 0 Å². The van der Waals surface area contributed by atoms with Gasteiger partial charge in [0.05, 0.1) is 12.7 Å². The van der Waals surface area contributed by atoms with Crippen molar-refractivity contribution in [2.45, 2.75) is 0 Å². The Balaban J connectivity index is 1.99. The van der Waals surface area contributed by atoms with Gasteiger partial charge in [0.2, 0.25) is 0 Å². The first-order valence-corrected chi connectivity index (χ1v) is 5.81. The molecule has 19 heavy (non-hydrogen) atoms. The van der Waals surface area contributed by atoms with Gasteiger partial charge >= 0.3 is 5.97 Å². The van der Waals surface area contributed by atoms with Crippen molar-refractivity contribution >= 4 is 16.9 Å². The molecule has 3 rings (SSSR count). The molecule has 0 aliphatic heterocycles. The average Bonchev–Trinajstić information content (AvgIpc) is 2.90. The molecule has 94 valence electrons. The highest BCUT2D eigenvalue weighted by Crippen LogP contribution is 2.26. The fourth-order valence-electron chi connectivity index (χ4n) is 1.89. The highest BCUT2D eigenvalue weighted by Gasteiger charge is 2.09. The zero-order chi connectivity index (χ0) is 13.2. The van der Waals surface area contributed by atoms with E-state index in [9.17, 15) is 4.79 Å². The largest absolute Gasteiger partial charge is 0.465 e. The Bertz CT molecular complexity index is 695. The highest BCUT2D eigenvalue weighted by atomic mass is 16.5. The lowest BCUT2D eigenvalue weighted by Crippen LogP contribution is -2.01. The molecule has 0 amide bonds. The number of methoxy groups -OCH3 is 1. The molecule has 0 saturated heterocycles. The first-order chi connectivity index (χ1) is 9.28. The molecule has 4 nitrogen and oxygen atoms in total. The Labute approximate surface area is 109 Å². The van der Waals surface area contributed by atoms with Gasteiger partial charge in [-0.3, -0.25) is 4.98 Å². The molecule has 0 unspecified atom stereocenters. The van der Waals surface area contributed by atoms with Crippen LogP contribution in [0.1, 0.15) is 10.4 Å². The van der Waals surface area contributed by atoms with Crippen molar-refractivity contribution in [2.75, 3.05) is 7.11 Å². The number of carbonyl (C=O) groups excluding carboxylic acids is 1. The van der Waals surface area contributed by atoms with Crippen molar-refractivity contribution in [3.63, 3.8) is 0 Å². The number of esters is 1. The van der Waals surface area contributed by atoms with Crippen LogP contribution in [0.4, 0.5) is 0 Å². The van der Waals surface area contributed by atoms with Crippen molar-refractivity contribution in [1.29, 1.82) is 0 Å². The molecule has 0 saturated carbocycles. The lowest BCUT2D eigenvalue weighted by molar-refractivity contribution is 0.0600. The molecule has 0 N–H and O–H groups in total. The zero-order valence-corrected chi connectivity index (χ0v) is 10.3. The van der Waals surface area contributed by atoms with Gasteiger partial charge in [-0.1, -0.05) is 18.2 Å². The second kappa shape index (κ2) is 4.57. The predicted molar refractivity (Wildman–Crippen MR) is 70.8 cm³/mol. The first kappa shape index (κ1) is 11.5. The Morgan fingerprint density at radius 1 is 1.21 bits per heavy atom. The minimum atomic E-state index is -0.399. The minimum Gasteiger partial charge on any atom is -0.465 e. The molecular weight excluding hydrogens is 242 g/mol. The quantitative estimate of drug-likeness (QED) is 0.658. The maximum absolute atomic E-state index is 11.3.